The van der Waals surface area contributed by atoms with Gasteiger partial charge in [-0.05, 0) is 32.0 Å². The topological polar surface area (TPSA) is 52.0 Å². The normalized spacial score (nSPS) is 10.8. The second-order valence-corrected chi connectivity index (χ2v) is 5.21. The van der Waals surface area contributed by atoms with E-state index in [1.165, 1.54) is 0 Å². The molecule has 0 aliphatic rings. The van der Waals surface area contributed by atoms with E-state index in [2.05, 4.69) is 5.16 Å². The lowest BCUT2D eigenvalue weighted by Crippen LogP contribution is -1.87. The van der Waals surface area contributed by atoms with E-state index in [0.717, 1.165) is 27.7 Å². The molecule has 0 aliphatic carbocycles. The number of nitrogen functional groups attached to an aromatic ring is 1. The summed E-state index contributed by atoms with van der Waals surface area (Å²) in [5, 5.41) is 4.61. The van der Waals surface area contributed by atoms with Crippen molar-refractivity contribution in [1.29, 1.82) is 0 Å². The van der Waals surface area contributed by atoms with E-state index in [1.807, 2.05) is 26.0 Å². The van der Waals surface area contributed by atoms with Crippen molar-refractivity contribution in [3.05, 3.63) is 40.2 Å². The molecule has 0 saturated heterocycles. The van der Waals surface area contributed by atoms with Gasteiger partial charge in [0.25, 0.3) is 0 Å². The first-order valence-electron chi connectivity index (χ1n) is 5.17. The molecule has 17 heavy (non-hydrogen) atoms. The molecule has 1 heterocycles. The third-order valence-electron chi connectivity index (χ3n) is 2.51. The van der Waals surface area contributed by atoms with Crippen molar-refractivity contribution >= 4 is 29.1 Å². The summed E-state index contributed by atoms with van der Waals surface area (Å²) in [7, 11) is 0. The van der Waals surface area contributed by atoms with Crippen molar-refractivity contribution in [2.75, 3.05) is 5.73 Å². The number of halogens is 1. The van der Waals surface area contributed by atoms with Gasteiger partial charge in [0.05, 0.1) is 10.7 Å². The Bertz CT molecular complexity index is 520. The average Bonchev–Trinajstić information content (AvgIpc) is 2.58. The molecule has 1 aromatic heterocycles. The predicted octanol–water partition coefficient (Wildman–Crippen LogP) is 3.82. The maximum absolute atomic E-state index is 6.11. The molecule has 2 aromatic rings. The van der Waals surface area contributed by atoms with Gasteiger partial charge in [0, 0.05) is 21.9 Å². The molecule has 0 radical (unpaired) electrons. The number of benzene rings is 1. The monoisotopic (exact) mass is 268 g/mol. The van der Waals surface area contributed by atoms with E-state index < -0.39 is 0 Å². The van der Waals surface area contributed by atoms with Crippen LogP contribution in [-0.2, 0) is 5.75 Å². The predicted molar refractivity (Wildman–Crippen MR) is 71.4 cm³/mol. The van der Waals surface area contributed by atoms with Crippen LogP contribution in [0.3, 0.4) is 0 Å². The molecule has 1 aromatic carbocycles. The van der Waals surface area contributed by atoms with Crippen LogP contribution in [0.4, 0.5) is 5.69 Å². The second-order valence-electron chi connectivity index (χ2n) is 3.78. The molecular formula is C12H13ClN2OS. The Labute approximate surface area is 109 Å². The first kappa shape index (κ1) is 12.3. The Kier molecular flexibility index (Phi) is 3.64. The third-order valence-corrected chi connectivity index (χ3v) is 4.03. The van der Waals surface area contributed by atoms with Gasteiger partial charge < -0.3 is 10.3 Å². The summed E-state index contributed by atoms with van der Waals surface area (Å²) >= 11 is 7.76. The summed E-state index contributed by atoms with van der Waals surface area (Å²) in [6.07, 6.45) is 0. The Balaban J connectivity index is 2.13. The highest BCUT2D eigenvalue weighted by Gasteiger charge is 2.10. The number of hydrogen-bond donors (Lipinski definition) is 1. The molecule has 2 N–H and O–H groups in total. The van der Waals surface area contributed by atoms with E-state index in [1.54, 1.807) is 17.8 Å². The summed E-state index contributed by atoms with van der Waals surface area (Å²) in [5.41, 5.74) is 8.38. The lowest BCUT2D eigenvalue weighted by atomic mass is 10.2. The first-order chi connectivity index (χ1) is 8.08. The minimum atomic E-state index is 0.677. The maximum Gasteiger partial charge on any atom is 0.137 e. The number of aryl methyl sites for hydroxylation is 2. The summed E-state index contributed by atoms with van der Waals surface area (Å²) in [6, 6.07) is 5.54. The van der Waals surface area contributed by atoms with Crippen LogP contribution in [0.1, 0.15) is 17.0 Å². The minimum absolute atomic E-state index is 0.677. The SMILES string of the molecule is Cc1noc(C)c1CSc1ccc(N)cc1Cl. The van der Waals surface area contributed by atoms with Crippen molar-refractivity contribution in [3.63, 3.8) is 0 Å². The Morgan fingerprint density at radius 2 is 2.18 bits per heavy atom. The van der Waals surface area contributed by atoms with E-state index in [-0.39, 0.29) is 0 Å². The molecule has 0 saturated carbocycles. The van der Waals surface area contributed by atoms with Gasteiger partial charge >= 0.3 is 0 Å². The molecule has 0 aliphatic heterocycles. The number of thioether (sulfide) groups is 1. The summed E-state index contributed by atoms with van der Waals surface area (Å²) < 4.78 is 5.12. The number of nitrogens with zero attached hydrogens (tertiary/aromatic N) is 1. The van der Waals surface area contributed by atoms with Gasteiger partial charge in [-0.3, -0.25) is 0 Å². The first-order valence-corrected chi connectivity index (χ1v) is 6.54. The molecule has 5 heteroatoms. The summed E-state index contributed by atoms with van der Waals surface area (Å²) in [6.45, 7) is 3.86. The van der Waals surface area contributed by atoms with Gasteiger partial charge in [0.1, 0.15) is 5.76 Å². The zero-order chi connectivity index (χ0) is 12.4. The zero-order valence-electron chi connectivity index (χ0n) is 9.66. The lowest BCUT2D eigenvalue weighted by Gasteiger charge is -2.04. The fourth-order valence-electron chi connectivity index (χ4n) is 1.49. The van der Waals surface area contributed by atoms with Crippen LogP contribution >= 0.6 is 23.4 Å². The molecule has 0 bridgehead atoms. The van der Waals surface area contributed by atoms with Crippen molar-refractivity contribution in [2.45, 2.75) is 24.5 Å². The second kappa shape index (κ2) is 5.02. The largest absolute Gasteiger partial charge is 0.399 e. The van der Waals surface area contributed by atoms with Crippen molar-refractivity contribution in [1.82, 2.24) is 5.16 Å². The highest BCUT2D eigenvalue weighted by molar-refractivity contribution is 7.98. The van der Waals surface area contributed by atoms with Crippen LogP contribution in [0.5, 0.6) is 0 Å². The molecule has 3 nitrogen and oxygen atoms in total. The van der Waals surface area contributed by atoms with Gasteiger partial charge in [0.15, 0.2) is 0 Å². The standard InChI is InChI=1S/C12H13ClN2OS/c1-7-10(8(2)16-15-7)6-17-12-4-3-9(14)5-11(12)13/h3-5H,6,14H2,1-2H3. The van der Waals surface area contributed by atoms with Crippen molar-refractivity contribution in [3.8, 4) is 0 Å². The number of rotatable bonds is 3. The van der Waals surface area contributed by atoms with Crippen LogP contribution in [0, 0.1) is 13.8 Å². The molecular weight excluding hydrogens is 256 g/mol. The number of anilines is 1. The molecule has 0 unspecified atom stereocenters. The van der Waals surface area contributed by atoms with E-state index in [0.29, 0.717) is 10.7 Å². The Morgan fingerprint density at radius 3 is 2.76 bits per heavy atom. The highest BCUT2D eigenvalue weighted by Crippen LogP contribution is 2.32. The van der Waals surface area contributed by atoms with Crippen molar-refractivity contribution < 1.29 is 4.52 Å². The van der Waals surface area contributed by atoms with Gasteiger partial charge in [-0.25, -0.2) is 0 Å². The van der Waals surface area contributed by atoms with Crippen LogP contribution in [0.25, 0.3) is 0 Å². The Hall–Kier alpha value is -1.13. The summed E-state index contributed by atoms with van der Waals surface area (Å²) in [4.78, 5) is 1.01. The average molecular weight is 269 g/mol. The minimum Gasteiger partial charge on any atom is -0.399 e. The van der Waals surface area contributed by atoms with Gasteiger partial charge in [-0.15, -0.1) is 11.8 Å². The van der Waals surface area contributed by atoms with Gasteiger partial charge in [-0.1, -0.05) is 16.8 Å². The van der Waals surface area contributed by atoms with E-state index in [9.17, 15) is 0 Å². The Morgan fingerprint density at radius 1 is 1.41 bits per heavy atom. The van der Waals surface area contributed by atoms with Crippen LogP contribution in [0.15, 0.2) is 27.6 Å². The van der Waals surface area contributed by atoms with Crippen LogP contribution < -0.4 is 5.73 Å². The molecule has 2 rings (SSSR count). The fourth-order valence-corrected chi connectivity index (χ4v) is 2.92. The zero-order valence-corrected chi connectivity index (χ0v) is 11.2. The highest BCUT2D eigenvalue weighted by atomic mass is 35.5. The molecule has 0 atom stereocenters. The van der Waals surface area contributed by atoms with E-state index >= 15 is 0 Å². The molecule has 0 spiro atoms. The lowest BCUT2D eigenvalue weighted by molar-refractivity contribution is 0.392. The molecule has 0 fully saturated rings. The quantitative estimate of drug-likeness (QED) is 0.679. The fraction of sp³-hybridized carbons (Fsp3) is 0.250. The van der Waals surface area contributed by atoms with Crippen LogP contribution in [-0.4, -0.2) is 5.16 Å². The summed E-state index contributed by atoms with van der Waals surface area (Å²) in [5.74, 6) is 1.66. The maximum atomic E-state index is 6.11. The van der Waals surface area contributed by atoms with Gasteiger partial charge in [0.2, 0.25) is 0 Å². The smallest absolute Gasteiger partial charge is 0.137 e. The van der Waals surface area contributed by atoms with Gasteiger partial charge in [-0.2, -0.15) is 0 Å². The number of hydrogen-bond acceptors (Lipinski definition) is 4. The third kappa shape index (κ3) is 2.76. The molecule has 90 valence electrons. The number of aromatic nitrogens is 1. The van der Waals surface area contributed by atoms with Crippen LogP contribution in [0.2, 0.25) is 5.02 Å². The van der Waals surface area contributed by atoms with Crippen molar-refractivity contribution in [2.24, 2.45) is 0 Å². The number of nitrogens with two attached hydrogens (primary N) is 1. The molecule has 0 amide bonds. The van der Waals surface area contributed by atoms with E-state index in [4.69, 9.17) is 21.9 Å².